The van der Waals surface area contributed by atoms with Crippen LogP contribution in [0.1, 0.15) is 55.7 Å². The molecule has 1 fully saturated rings. The molecule has 1 aliphatic rings. The van der Waals surface area contributed by atoms with Crippen LogP contribution >= 0.6 is 0 Å². The summed E-state index contributed by atoms with van der Waals surface area (Å²) in [6.07, 6.45) is 5.50. The van der Waals surface area contributed by atoms with Gasteiger partial charge in [-0.25, -0.2) is 0 Å². The summed E-state index contributed by atoms with van der Waals surface area (Å²) in [4.78, 5) is 15.0. The first-order chi connectivity index (χ1) is 14.6. The molecule has 162 valence electrons. The molecular formula is C26H35NO3. The first-order valence-corrected chi connectivity index (χ1v) is 11.3. The standard InChI is InChI=1S/C26H35NO3/c1-3-8-23(26(29)27-16-7-11-24(27)18-28)15-14-21-13-12-20(2)25(17-21)30-19-22-9-5-4-6-10-22/h4-6,9-10,12-13,17,23-24,28H,3,7-8,11,14-16,18-19H2,1-2H3/t23-,24+/m1/s1. The molecule has 0 aromatic heterocycles. The van der Waals surface area contributed by atoms with Crippen LogP contribution in [0.4, 0.5) is 0 Å². The van der Waals surface area contributed by atoms with Crippen molar-refractivity contribution in [1.82, 2.24) is 4.90 Å². The Morgan fingerprint density at radius 3 is 2.70 bits per heavy atom. The van der Waals surface area contributed by atoms with Gasteiger partial charge in [-0.05, 0) is 61.8 Å². The third kappa shape index (κ3) is 5.85. The summed E-state index contributed by atoms with van der Waals surface area (Å²) < 4.78 is 6.07. The van der Waals surface area contributed by atoms with E-state index in [0.29, 0.717) is 6.61 Å². The molecular weight excluding hydrogens is 374 g/mol. The van der Waals surface area contributed by atoms with Crippen molar-refractivity contribution in [2.24, 2.45) is 5.92 Å². The van der Waals surface area contributed by atoms with E-state index in [0.717, 1.165) is 61.9 Å². The van der Waals surface area contributed by atoms with E-state index in [9.17, 15) is 9.90 Å². The zero-order valence-corrected chi connectivity index (χ0v) is 18.3. The molecule has 3 rings (SSSR count). The Bertz CT molecular complexity index is 805. The van der Waals surface area contributed by atoms with Gasteiger partial charge in [-0.1, -0.05) is 55.8 Å². The highest BCUT2D eigenvalue weighted by Crippen LogP contribution is 2.26. The second-order valence-corrected chi connectivity index (χ2v) is 8.41. The van der Waals surface area contributed by atoms with E-state index in [-0.39, 0.29) is 24.5 Å². The lowest BCUT2D eigenvalue weighted by Gasteiger charge is -2.28. The maximum atomic E-state index is 13.1. The van der Waals surface area contributed by atoms with E-state index in [4.69, 9.17) is 4.74 Å². The summed E-state index contributed by atoms with van der Waals surface area (Å²) in [6, 6.07) is 16.6. The number of amides is 1. The predicted octanol–water partition coefficient (Wildman–Crippen LogP) is 4.91. The lowest BCUT2D eigenvalue weighted by Crippen LogP contribution is -2.41. The third-order valence-corrected chi connectivity index (χ3v) is 6.13. The van der Waals surface area contributed by atoms with Crippen LogP contribution in [0.2, 0.25) is 0 Å². The highest BCUT2D eigenvalue weighted by atomic mass is 16.5. The van der Waals surface area contributed by atoms with Gasteiger partial charge in [0.2, 0.25) is 5.91 Å². The van der Waals surface area contributed by atoms with Gasteiger partial charge in [0.05, 0.1) is 12.6 Å². The monoisotopic (exact) mass is 409 g/mol. The number of aliphatic hydroxyl groups excluding tert-OH is 1. The number of rotatable bonds is 10. The average molecular weight is 410 g/mol. The van der Waals surface area contributed by atoms with Gasteiger partial charge >= 0.3 is 0 Å². The second kappa shape index (κ2) is 11.2. The van der Waals surface area contributed by atoms with E-state index in [1.807, 2.05) is 23.1 Å². The predicted molar refractivity (Wildman–Crippen MR) is 120 cm³/mol. The number of benzene rings is 2. The smallest absolute Gasteiger partial charge is 0.226 e. The lowest BCUT2D eigenvalue weighted by atomic mass is 9.93. The first kappa shape index (κ1) is 22.4. The lowest BCUT2D eigenvalue weighted by molar-refractivity contribution is -0.137. The quantitative estimate of drug-likeness (QED) is 0.607. The van der Waals surface area contributed by atoms with Gasteiger partial charge in [-0.2, -0.15) is 0 Å². The highest BCUT2D eigenvalue weighted by molar-refractivity contribution is 5.79. The van der Waals surface area contributed by atoms with Gasteiger partial charge in [0, 0.05) is 12.5 Å². The van der Waals surface area contributed by atoms with Gasteiger partial charge < -0.3 is 14.7 Å². The molecule has 4 heteroatoms. The molecule has 30 heavy (non-hydrogen) atoms. The van der Waals surface area contributed by atoms with Gasteiger partial charge in [0.25, 0.3) is 0 Å². The van der Waals surface area contributed by atoms with Crippen LogP contribution in [0.5, 0.6) is 5.75 Å². The van der Waals surface area contributed by atoms with Gasteiger partial charge in [0.15, 0.2) is 0 Å². The number of likely N-dealkylation sites (tertiary alicyclic amines) is 1. The van der Waals surface area contributed by atoms with Crippen LogP contribution in [-0.4, -0.2) is 35.1 Å². The number of hydrogen-bond donors (Lipinski definition) is 1. The summed E-state index contributed by atoms with van der Waals surface area (Å²) in [7, 11) is 0. The maximum absolute atomic E-state index is 13.1. The van der Waals surface area contributed by atoms with Crippen molar-refractivity contribution in [3.63, 3.8) is 0 Å². The van der Waals surface area contributed by atoms with Crippen molar-refractivity contribution in [2.45, 2.75) is 65.0 Å². The summed E-state index contributed by atoms with van der Waals surface area (Å²) >= 11 is 0. The van der Waals surface area contributed by atoms with Crippen LogP contribution < -0.4 is 4.74 Å². The van der Waals surface area contributed by atoms with E-state index < -0.39 is 0 Å². The van der Waals surface area contributed by atoms with Crippen LogP contribution in [0, 0.1) is 12.8 Å². The fourth-order valence-corrected chi connectivity index (χ4v) is 4.32. The Morgan fingerprint density at radius 2 is 1.97 bits per heavy atom. The topological polar surface area (TPSA) is 49.8 Å². The Kier molecular flexibility index (Phi) is 8.32. The second-order valence-electron chi connectivity index (χ2n) is 8.41. The van der Waals surface area contributed by atoms with Crippen molar-refractivity contribution in [3.8, 4) is 5.75 Å². The molecule has 2 aromatic carbocycles. The Morgan fingerprint density at radius 1 is 1.17 bits per heavy atom. The summed E-state index contributed by atoms with van der Waals surface area (Å²) in [5, 5.41) is 9.59. The molecule has 1 aliphatic heterocycles. The summed E-state index contributed by atoms with van der Waals surface area (Å²) in [5.74, 6) is 1.16. The number of nitrogens with zero attached hydrogens (tertiary/aromatic N) is 1. The molecule has 0 spiro atoms. The fourth-order valence-electron chi connectivity index (χ4n) is 4.32. The van der Waals surface area contributed by atoms with E-state index in [1.165, 1.54) is 5.56 Å². The van der Waals surface area contributed by atoms with Crippen LogP contribution in [0.25, 0.3) is 0 Å². The van der Waals surface area contributed by atoms with Crippen molar-refractivity contribution < 1.29 is 14.6 Å². The normalized spacial score (nSPS) is 17.2. The molecule has 0 aliphatic carbocycles. The van der Waals surface area contributed by atoms with E-state index in [2.05, 4.69) is 44.2 Å². The van der Waals surface area contributed by atoms with Gasteiger partial charge in [-0.3, -0.25) is 4.79 Å². The van der Waals surface area contributed by atoms with E-state index in [1.54, 1.807) is 0 Å². The van der Waals surface area contributed by atoms with Crippen molar-refractivity contribution >= 4 is 5.91 Å². The zero-order valence-electron chi connectivity index (χ0n) is 18.3. The molecule has 4 nitrogen and oxygen atoms in total. The van der Waals surface area contributed by atoms with Crippen LogP contribution in [0.3, 0.4) is 0 Å². The third-order valence-electron chi connectivity index (χ3n) is 6.13. The largest absolute Gasteiger partial charge is 0.489 e. The minimum Gasteiger partial charge on any atom is -0.489 e. The number of carbonyl (C=O) groups is 1. The van der Waals surface area contributed by atoms with Crippen molar-refractivity contribution in [3.05, 3.63) is 65.2 Å². The van der Waals surface area contributed by atoms with Crippen molar-refractivity contribution in [2.75, 3.05) is 13.2 Å². The van der Waals surface area contributed by atoms with E-state index >= 15 is 0 Å². The molecule has 0 saturated carbocycles. The van der Waals surface area contributed by atoms with Gasteiger partial charge in [0.1, 0.15) is 12.4 Å². The molecule has 1 N–H and O–H groups in total. The zero-order chi connectivity index (χ0) is 21.3. The number of ether oxygens (including phenoxy) is 1. The molecule has 1 heterocycles. The molecule has 0 radical (unpaired) electrons. The Balaban J connectivity index is 1.62. The highest BCUT2D eigenvalue weighted by Gasteiger charge is 2.32. The number of carbonyl (C=O) groups excluding carboxylic acids is 1. The number of hydrogen-bond acceptors (Lipinski definition) is 3. The van der Waals surface area contributed by atoms with Crippen LogP contribution in [-0.2, 0) is 17.8 Å². The Labute approximate surface area is 180 Å². The Hall–Kier alpha value is -2.33. The number of aliphatic hydroxyl groups is 1. The number of aryl methyl sites for hydroxylation is 2. The maximum Gasteiger partial charge on any atom is 0.226 e. The molecule has 2 aromatic rings. The summed E-state index contributed by atoms with van der Waals surface area (Å²) in [6.45, 7) is 5.61. The minimum absolute atomic E-state index is 0.00854. The molecule has 1 amide bonds. The molecule has 2 atom stereocenters. The SMILES string of the molecule is CCC[C@H](CCc1ccc(C)c(OCc2ccccc2)c1)C(=O)N1CCC[C@H]1CO. The van der Waals surface area contributed by atoms with Gasteiger partial charge in [-0.15, -0.1) is 0 Å². The van der Waals surface area contributed by atoms with Crippen LogP contribution in [0.15, 0.2) is 48.5 Å². The molecule has 1 saturated heterocycles. The fraction of sp³-hybridized carbons (Fsp3) is 0.500. The molecule has 0 bridgehead atoms. The van der Waals surface area contributed by atoms with Crippen molar-refractivity contribution in [1.29, 1.82) is 0 Å². The average Bonchev–Trinajstić information content (AvgIpc) is 3.26. The first-order valence-electron chi connectivity index (χ1n) is 11.3. The summed E-state index contributed by atoms with van der Waals surface area (Å²) in [5.41, 5.74) is 3.48. The molecule has 0 unspecified atom stereocenters. The minimum atomic E-state index is 0.00854.